The summed E-state index contributed by atoms with van der Waals surface area (Å²) in [5, 5.41) is 0. The number of likely N-dealkylation sites (N-methyl/N-ethyl adjacent to an activating group) is 1. The molecule has 2 aliphatic rings. The van der Waals surface area contributed by atoms with E-state index in [1.165, 1.54) is 0 Å². The molecule has 2 aliphatic heterocycles. The third-order valence-electron chi connectivity index (χ3n) is 6.54. The Morgan fingerprint density at radius 3 is 2.47 bits per heavy atom. The van der Waals surface area contributed by atoms with Crippen LogP contribution in [0.3, 0.4) is 0 Å². The molecule has 170 valence electrons. The standard InChI is InChI=1S/C26H33N3O3/c1-19-14-20(2)16-22(15-19)24(30)29-12-13-32-26(18-29)23(21-8-6-5-7-9-21)17-28(25(26)31)11-10-27(3)4/h5-9,14-16,23H,10-13,17-18H2,1-4H3/t23-,26-/m1/s1. The highest BCUT2D eigenvalue weighted by atomic mass is 16.5. The smallest absolute Gasteiger partial charge is 0.257 e. The number of nitrogens with zero attached hydrogens (tertiary/aromatic N) is 3. The predicted octanol–water partition coefficient (Wildman–Crippen LogP) is 2.70. The molecule has 4 rings (SSSR count). The van der Waals surface area contributed by atoms with Gasteiger partial charge in [0.05, 0.1) is 13.2 Å². The lowest BCUT2D eigenvalue weighted by atomic mass is 9.83. The van der Waals surface area contributed by atoms with E-state index < -0.39 is 5.60 Å². The van der Waals surface area contributed by atoms with Gasteiger partial charge in [0, 0.05) is 37.7 Å². The van der Waals surface area contributed by atoms with Crippen molar-refractivity contribution >= 4 is 11.8 Å². The van der Waals surface area contributed by atoms with Gasteiger partial charge in [-0.1, -0.05) is 47.5 Å². The molecule has 0 bridgehead atoms. The Hall–Kier alpha value is -2.70. The van der Waals surface area contributed by atoms with Crippen LogP contribution in [-0.4, -0.2) is 85.5 Å². The van der Waals surface area contributed by atoms with E-state index in [4.69, 9.17) is 4.74 Å². The number of morpholine rings is 1. The number of aryl methyl sites for hydroxylation is 2. The van der Waals surface area contributed by atoms with Crippen LogP contribution in [0.1, 0.15) is 33.0 Å². The second-order valence-electron chi connectivity index (χ2n) is 9.36. The van der Waals surface area contributed by atoms with E-state index in [-0.39, 0.29) is 24.3 Å². The first-order chi connectivity index (χ1) is 15.3. The maximum atomic E-state index is 13.7. The van der Waals surface area contributed by atoms with Gasteiger partial charge in [-0.25, -0.2) is 0 Å². The van der Waals surface area contributed by atoms with Crippen LogP contribution in [0.5, 0.6) is 0 Å². The van der Waals surface area contributed by atoms with E-state index in [2.05, 4.69) is 23.1 Å². The number of carbonyl (C=O) groups is 2. The summed E-state index contributed by atoms with van der Waals surface area (Å²) < 4.78 is 6.31. The molecule has 32 heavy (non-hydrogen) atoms. The van der Waals surface area contributed by atoms with Crippen molar-refractivity contribution in [3.63, 3.8) is 0 Å². The van der Waals surface area contributed by atoms with Crippen LogP contribution < -0.4 is 0 Å². The molecule has 2 fully saturated rings. The molecule has 2 amide bonds. The van der Waals surface area contributed by atoms with Crippen LogP contribution in [0.25, 0.3) is 0 Å². The summed E-state index contributed by atoms with van der Waals surface area (Å²) in [6, 6.07) is 16.0. The van der Waals surface area contributed by atoms with Crippen LogP contribution in [-0.2, 0) is 9.53 Å². The van der Waals surface area contributed by atoms with E-state index in [0.29, 0.717) is 31.8 Å². The zero-order chi connectivity index (χ0) is 22.9. The van der Waals surface area contributed by atoms with Crippen LogP contribution in [0, 0.1) is 13.8 Å². The molecule has 0 radical (unpaired) electrons. The van der Waals surface area contributed by atoms with Crippen LogP contribution >= 0.6 is 0 Å². The SMILES string of the molecule is Cc1cc(C)cc(C(=O)N2CCO[C@@]3(C2)C(=O)N(CCN(C)C)C[C@@H]3c2ccccc2)c1. The van der Waals surface area contributed by atoms with Crippen LogP contribution in [0.15, 0.2) is 48.5 Å². The molecular weight excluding hydrogens is 402 g/mol. The average Bonchev–Trinajstić information content (AvgIpc) is 3.03. The molecule has 0 N–H and O–H groups in total. The monoisotopic (exact) mass is 435 g/mol. The molecule has 0 unspecified atom stereocenters. The van der Waals surface area contributed by atoms with Gasteiger partial charge in [-0.3, -0.25) is 9.59 Å². The lowest BCUT2D eigenvalue weighted by Crippen LogP contribution is -2.59. The van der Waals surface area contributed by atoms with Gasteiger partial charge in [-0.2, -0.15) is 0 Å². The predicted molar refractivity (Wildman–Crippen MR) is 125 cm³/mol. The summed E-state index contributed by atoms with van der Waals surface area (Å²) in [5.74, 6) is -0.162. The van der Waals surface area contributed by atoms with Gasteiger partial charge < -0.3 is 19.4 Å². The molecule has 0 saturated carbocycles. The number of hydrogen-bond donors (Lipinski definition) is 0. The number of amides is 2. The second-order valence-corrected chi connectivity index (χ2v) is 9.36. The fourth-order valence-electron chi connectivity index (χ4n) is 4.98. The molecule has 6 heteroatoms. The van der Waals surface area contributed by atoms with Crippen molar-refractivity contribution in [2.24, 2.45) is 0 Å². The molecular formula is C26H33N3O3. The van der Waals surface area contributed by atoms with E-state index >= 15 is 0 Å². The normalized spacial score (nSPS) is 23.4. The molecule has 6 nitrogen and oxygen atoms in total. The summed E-state index contributed by atoms with van der Waals surface area (Å²) in [4.78, 5) is 33.0. The van der Waals surface area contributed by atoms with E-state index in [0.717, 1.165) is 23.2 Å². The molecule has 2 saturated heterocycles. The highest BCUT2D eigenvalue weighted by Crippen LogP contribution is 2.42. The number of rotatable bonds is 5. The van der Waals surface area contributed by atoms with E-state index in [1.54, 1.807) is 4.90 Å². The molecule has 2 aromatic carbocycles. The first-order valence-corrected chi connectivity index (χ1v) is 11.3. The summed E-state index contributed by atoms with van der Waals surface area (Å²) in [6.07, 6.45) is 0. The summed E-state index contributed by atoms with van der Waals surface area (Å²) in [7, 11) is 4.01. The van der Waals surface area contributed by atoms with Crippen molar-refractivity contribution in [1.82, 2.24) is 14.7 Å². The fourth-order valence-corrected chi connectivity index (χ4v) is 4.98. The number of ether oxygens (including phenoxy) is 1. The summed E-state index contributed by atoms with van der Waals surface area (Å²) >= 11 is 0. The van der Waals surface area contributed by atoms with Crippen molar-refractivity contribution in [2.75, 3.05) is 53.4 Å². The minimum absolute atomic E-state index is 0.00822. The van der Waals surface area contributed by atoms with Gasteiger partial charge in [-0.05, 0) is 45.6 Å². The van der Waals surface area contributed by atoms with Gasteiger partial charge in [0.1, 0.15) is 0 Å². The third-order valence-corrected chi connectivity index (χ3v) is 6.54. The van der Waals surface area contributed by atoms with Crippen molar-refractivity contribution in [3.8, 4) is 0 Å². The summed E-state index contributed by atoms with van der Waals surface area (Å²) in [6.45, 7) is 7.14. The minimum atomic E-state index is -1.04. The number of benzene rings is 2. The number of hydrogen-bond acceptors (Lipinski definition) is 4. The lowest BCUT2D eigenvalue weighted by Gasteiger charge is -2.42. The largest absolute Gasteiger partial charge is 0.361 e. The van der Waals surface area contributed by atoms with Crippen LogP contribution in [0.2, 0.25) is 0 Å². The Morgan fingerprint density at radius 2 is 1.81 bits per heavy atom. The Kier molecular flexibility index (Phi) is 6.35. The molecule has 2 atom stereocenters. The molecule has 1 spiro atoms. The fraction of sp³-hybridized carbons (Fsp3) is 0.462. The molecule has 2 heterocycles. The van der Waals surface area contributed by atoms with E-state index in [9.17, 15) is 9.59 Å². The average molecular weight is 436 g/mol. The van der Waals surface area contributed by atoms with Gasteiger partial charge in [0.15, 0.2) is 5.60 Å². The van der Waals surface area contributed by atoms with Crippen molar-refractivity contribution < 1.29 is 14.3 Å². The van der Waals surface area contributed by atoms with Crippen molar-refractivity contribution in [2.45, 2.75) is 25.4 Å². The highest BCUT2D eigenvalue weighted by molar-refractivity contribution is 5.96. The van der Waals surface area contributed by atoms with Gasteiger partial charge >= 0.3 is 0 Å². The topological polar surface area (TPSA) is 53.1 Å². The first kappa shape index (κ1) is 22.5. The molecule has 0 aliphatic carbocycles. The zero-order valence-electron chi connectivity index (χ0n) is 19.5. The van der Waals surface area contributed by atoms with Crippen molar-refractivity contribution in [3.05, 3.63) is 70.8 Å². The van der Waals surface area contributed by atoms with Crippen molar-refractivity contribution in [1.29, 1.82) is 0 Å². The first-order valence-electron chi connectivity index (χ1n) is 11.3. The van der Waals surface area contributed by atoms with Crippen LogP contribution in [0.4, 0.5) is 0 Å². The molecule has 2 aromatic rings. The van der Waals surface area contributed by atoms with Gasteiger partial charge in [0.25, 0.3) is 11.8 Å². The highest BCUT2D eigenvalue weighted by Gasteiger charge is 2.58. The van der Waals surface area contributed by atoms with Gasteiger partial charge in [0.2, 0.25) is 0 Å². The summed E-state index contributed by atoms with van der Waals surface area (Å²) in [5.41, 5.74) is 2.83. The number of likely N-dealkylation sites (tertiary alicyclic amines) is 1. The lowest BCUT2D eigenvalue weighted by molar-refractivity contribution is -0.159. The Labute approximate surface area is 190 Å². The molecule has 0 aromatic heterocycles. The quantitative estimate of drug-likeness (QED) is 0.725. The maximum absolute atomic E-state index is 13.7. The second kappa shape index (κ2) is 9.04. The Morgan fingerprint density at radius 1 is 1.12 bits per heavy atom. The Bertz CT molecular complexity index is 971. The minimum Gasteiger partial charge on any atom is -0.361 e. The van der Waals surface area contributed by atoms with E-state index in [1.807, 2.05) is 63.2 Å². The number of carbonyl (C=O) groups excluding carboxylic acids is 2. The Balaban J connectivity index is 1.66. The maximum Gasteiger partial charge on any atom is 0.257 e. The van der Waals surface area contributed by atoms with Gasteiger partial charge in [-0.15, -0.1) is 0 Å². The third kappa shape index (κ3) is 4.30. The zero-order valence-corrected chi connectivity index (χ0v) is 19.5.